The minimum absolute atomic E-state index is 0.0133. The lowest BCUT2D eigenvalue weighted by molar-refractivity contribution is 0.0698. The molecule has 0 aromatic heterocycles. The van der Waals surface area contributed by atoms with Gasteiger partial charge in [-0.3, -0.25) is 0 Å². The second-order valence-corrected chi connectivity index (χ2v) is 5.32. The Morgan fingerprint density at radius 3 is 2.23 bits per heavy atom. The van der Waals surface area contributed by atoms with Crippen LogP contribution in [0, 0.1) is 0 Å². The van der Waals surface area contributed by atoms with Gasteiger partial charge in [-0.1, -0.05) is 0 Å². The molecule has 0 atom stereocenters. The number of aromatic carboxylic acids is 1. The lowest BCUT2D eigenvalue weighted by Gasteiger charge is -2.05. The van der Waals surface area contributed by atoms with Gasteiger partial charge in [0, 0.05) is 5.69 Å². The summed E-state index contributed by atoms with van der Waals surface area (Å²) in [6.07, 6.45) is 0. The Morgan fingerprint density at radius 1 is 1.05 bits per heavy atom. The number of carboxylic acid groups (broad SMARTS) is 1. The molecule has 2 rings (SSSR count). The van der Waals surface area contributed by atoms with E-state index in [1.807, 2.05) is 0 Å². The van der Waals surface area contributed by atoms with Crippen LogP contribution in [0.1, 0.15) is 10.4 Å². The minimum atomic E-state index is -2.67. The summed E-state index contributed by atoms with van der Waals surface area (Å²) in [5.41, 5.74) is 11.7. The monoisotopic (exact) mass is 320 g/mol. The molecule has 9 heteroatoms. The highest BCUT2D eigenvalue weighted by Crippen LogP contribution is 2.31. The van der Waals surface area contributed by atoms with Crippen LogP contribution in [-0.2, 0) is 10.7 Å². The number of benzene rings is 2. The number of azo groups is 1. The number of carboxylic acids is 1. The van der Waals surface area contributed by atoms with E-state index in [9.17, 15) is 13.2 Å². The molecule has 0 spiro atoms. The summed E-state index contributed by atoms with van der Waals surface area (Å²) in [6, 6.07) is 8.23. The summed E-state index contributed by atoms with van der Waals surface area (Å²) in [6.45, 7) is 0. The maximum atomic E-state index is 11.2. The largest absolute Gasteiger partial charge is 0.478 e. The van der Waals surface area contributed by atoms with Crippen LogP contribution in [0.25, 0.3) is 0 Å². The predicted molar refractivity (Wildman–Crippen MR) is 81.4 cm³/mol. The molecule has 0 saturated heterocycles. The van der Waals surface area contributed by atoms with E-state index >= 15 is 0 Å². The van der Waals surface area contributed by atoms with Gasteiger partial charge in [-0.05, 0) is 36.4 Å². The van der Waals surface area contributed by atoms with Crippen molar-refractivity contribution in [2.45, 2.75) is 4.90 Å². The second-order valence-electron chi connectivity index (χ2n) is 4.28. The van der Waals surface area contributed by atoms with E-state index in [0.29, 0.717) is 5.69 Å². The van der Waals surface area contributed by atoms with Crippen LogP contribution in [0.15, 0.2) is 51.5 Å². The first-order chi connectivity index (χ1) is 10.4. The van der Waals surface area contributed by atoms with E-state index in [1.165, 1.54) is 36.4 Å². The highest BCUT2D eigenvalue weighted by atomic mass is 32.2. The summed E-state index contributed by atoms with van der Waals surface area (Å²) < 4.78 is 21.6. The number of hydrogen-bond acceptors (Lipinski definition) is 7. The van der Waals surface area contributed by atoms with Crippen LogP contribution >= 0.6 is 0 Å². The van der Waals surface area contributed by atoms with Crippen LogP contribution in [0.4, 0.5) is 22.7 Å². The van der Waals surface area contributed by atoms with Crippen molar-refractivity contribution in [3.8, 4) is 0 Å². The van der Waals surface area contributed by atoms with Crippen molar-refractivity contribution in [1.29, 1.82) is 0 Å². The van der Waals surface area contributed by atoms with E-state index in [4.69, 9.17) is 16.6 Å². The van der Waals surface area contributed by atoms with Gasteiger partial charge in [0.25, 0.3) is 0 Å². The molecule has 0 fully saturated rings. The molecule has 2 aromatic carbocycles. The molecule has 114 valence electrons. The van der Waals surface area contributed by atoms with Crippen molar-refractivity contribution in [3.63, 3.8) is 0 Å². The first-order valence-corrected chi connectivity index (χ1v) is 7.14. The predicted octanol–water partition coefficient (Wildman–Crippen LogP) is 1.93. The standard InChI is InChI=1S/C13H12N4O4S/c14-7-5-10(13(18)19)12(11(15)6-7)17-16-8-1-3-9(4-2-8)22(20)21/h1-6,22H,14-15H2,(H,18,19). The van der Waals surface area contributed by atoms with Crippen molar-refractivity contribution in [2.75, 3.05) is 11.5 Å². The number of carbonyl (C=O) groups is 1. The van der Waals surface area contributed by atoms with Gasteiger partial charge in [-0.2, -0.15) is 5.11 Å². The molecule has 0 bridgehead atoms. The van der Waals surface area contributed by atoms with Gasteiger partial charge in [0.15, 0.2) is 10.7 Å². The summed E-state index contributed by atoms with van der Waals surface area (Å²) in [7, 11) is -2.67. The molecule has 0 radical (unpaired) electrons. The molecule has 0 aliphatic carbocycles. The molecule has 22 heavy (non-hydrogen) atoms. The van der Waals surface area contributed by atoms with E-state index in [-0.39, 0.29) is 27.5 Å². The number of nitrogen functional groups attached to an aromatic ring is 2. The van der Waals surface area contributed by atoms with Gasteiger partial charge in [-0.15, -0.1) is 5.11 Å². The Kier molecular flexibility index (Phi) is 4.37. The molecule has 2 aromatic rings. The molecular weight excluding hydrogens is 308 g/mol. The highest BCUT2D eigenvalue weighted by molar-refractivity contribution is 7.72. The molecule has 5 N–H and O–H groups in total. The molecule has 8 nitrogen and oxygen atoms in total. The number of anilines is 2. The third-order valence-electron chi connectivity index (χ3n) is 2.72. The van der Waals surface area contributed by atoms with Crippen LogP contribution < -0.4 is 11.5 Å². The summed E-state index contributed by atoms with van der Waals surface area (Å²) in [4.78, 5) is 11.3. The zero-order valence-electron chi connectivity index (χ0n) is 11.1. The number of nitrogens with two attached hydrogens (primary N) is 2. The Morgan fingerprint density at radius 2 is 1.68 bits per heavy atom. The maximum absolute atomic E-state index is 11.2. The smallest absolute Gasteiger partial charge is 0.338 e. The van der Waals surface area contributed by atoms with E-state index < -0.39 is 16.7 Å². The summed E-state index contributed by atoms with van der Waals surface area (Å²) >= 11 is 0. The molecule has 0 aliphatic heterocycles. The van der Waals surface area contributed by atoms with E-state index in [0.717, 1.165) is 0 Å². The van der Waals surface area contributed by atoms with Gasteiger partial charge >= 0.3 is 5.97 Å². The quantitative estimate of drug-likeness (QED) is 0.384. The molecular formula is C13H12N4O4S. The summed E-state index contributed by atoms with van der Waals surface area (Å²) in [5.74, 6) is -1.23. The Hall–Kier alpha value is -2.94. The Balaban J connectivity index is 2.39. The number of nitrogens with zero attached hydrogens (tertiary/aromatic N) is 2. The lowest BCUT2D eigenvalue weighted by atomic mass is 10.1. The van der Waals surface area contributed by atoms with Crippen LogP contribution in [0.3, 0.4) is 0 Å². The Bertz CT molecular complexity index is 821. The molecule has 0 saturated carbocycles. The van der Waals surface area contributed by atoms with Crippen LogP contribution in [0.2, 0.25) is 0 Å². The van der Waals surface area contributed by atoms with Crippen molar-refractivity contribution in [2.24, 2.45) is 10.2 Å². The van der Waals surface area contributed by atoms with Crippen molar-refractivity contribution >= 4 is 39.4 Å². The minimum Gasteiger partial charge on any atom is -0.478 e. The average molecular weight is 320 g/mol. The van der Waals surface area contributed by atoms with E-state index in [1.54, 1.807) is 0 Å². The zero-order valence-corrected chi connectivity index (χ0v) is 12.0. The van der Waals surface area contributed by atoms with Gasteiger partial charge in [0.1, 0.15) is 5.69 Å². The van der Waals surface area contributed by atoms with Gasteiger partial charge in [-0.25, -0.2) is 13.2 Å². The number of thiol groups is 1. The van der Waals surface area contributed by atoms with E-state index in [2.05, 4.69) is 10.2 Å². The fourth-order valence-corrected chi connectivity index (χ4v) is 2.10. The van der Waals surface area contributed by atoms with Gasteiger partial charge in [0.2, 0.25) is 0 Å². The normalized spacial score (nSPS) is 11.1. The first-order valence-electron chi connectivity index (χ1n) is 5.97. The molecule has 0 amide bonds. The SMILES string of the molecule is Nc1cc(N)c(N=Nc2ccc([SH](=O)=O)cc2)c(C(=O)O)c1. The number of hydrogen-bond donors (Lipinski definition) is 4. The van der Waals surface area contributed by atoms with Gasteiger partial charge < -0.3 is 16.6 Å². The van der Waals surface area contributed by atoms with Crippen LogP contribution in [0.5, 0.6) is 0 Å². The fourth-order valence-electron chi connectivity index (χ4n) is 1.70. The highest BCUT2D eigenvalue weighted by Gasteiger charge is 2.14. The second kappa shape index (κ2) is 6.22. The lowest BCUT2D eigenvalue weighted by Crippen LogP contribution is -2.01. The third-order valence-corrected chi connectivity index (χ3v) is 3.44. The zero-order chi connectivity index (χ0) is 16.3. The topological polar surface area (TPSA) is 148 Å². The number of rotatable bonds is 4. The average Bonchev–Trinajstić information content (AvgIpc) is 2.45. The van der Waals surface area contributed by atoms with Gasteiger partial charge in [0.05, 0.1) is 21.8 Å². The fraction of sp³-hybridized carbons (Fsp3) is 0. The third kappa shape index (κ3) is 3.38. The maximum Gasteiger partial charge on any atom is 0.338 e. The molecule has 0 heterocycles. The van der Waals surface area contributed by atoms with Crippen molar-refractivity contribution in [3.05, 3.63) is 42.0 Å². The summed E-state index contributed by atoms with van der Waals surface area (Å²) in [5, 5.41) is 16.8. The van der Waals surface area contributed by atoms with Crippen molar-refractivity contribution < 1.29 is 18.3 Å². The van der Waals surface area contributed by atoms with Crippen LogP contribution in [-0.4, -0.2) is 19.5 Å². The van der Waals surface area contributed by atoms with Crippen molar-refractivity contribution in [1.82, 2.24) is 0 Å². The molecule has 0 aliphatic rings. The first kappa shape index (κ1) is 15.4. The Labute approximate surface area is 127 Å². The molecule has 0 unspecified atom stereocenters.